The number of carbonyl (C=O) groups is 1. The number of thiazole rings is 1. The molecule has 40 heavy (non-hydrogen) atoms. The fourth-order valence-corrected chi connectivity index (χ4v) is 4.87. The molecule has 4 aromatic carbocycles. The lowest BCUT2D eigenvalue weighted by Gasteiger charge is -2.10. The molecule has 1 heterocycles. The highest BCUT2D eigenvalue weighted by molar-refractivity contribution is 7.14. The van der Waals surface area contributed by atoms with E-state index in [0.717, 1.165) is 27.6 Å². The van der Waals surface area contributed by atoms with Crippen molar-refractivity contribution in [3.8, 4) is 17.0 Å². The molecule has 5 aromatic rings. The monoisotopic (exact) mass is 586 g/mol. The minimum absolute atomic E-state index is 0.281. The van der Waals surface area contributed by atoms with Gasteiger partial charge in [-0.15, -0.1) is 11.3 Å². The first-order valence-corrected chi connectivity index (χ1v) is 14.0. The fourth-order valence-electron chi connectivity index (χ4n) is 3.76. The first-order chi connectivity index (χ1) is 19.4. The van der Waals surface area contributed by atoms with E-state index in [1.807, 2.05) is 53.9 Å². The van der Waals surface area contributed by atoms with Crippen molar-refractivity contribution in [2.45, 2.75) is 13.5 Å². The van der Waals surface area contributed by atoms with Gasteiger partial charge in [0.25, 0.3) is 5.91 Å². The van der Waals surface area contributed by atoms with E-state index in [1.165, 1.54) is 23.1 Å². The Balaban J connectivity index is 1.20. The van der Waals surface area contributed by atoms with E-state index in [-0.39, 0.29) is 12.5 Å². The second-order valence-electron chi connectivity index (χ2n) is 8.87. The van der Waals surface area contributed by atoms with Crippen LogP contribution in [-0.4, -0.2) is 17.1 Å². The average molecular weight is 588 g/mol. The summed E-state index contributed by atoms with van der Waals surface area (Å²) in [5, 5.41) is 11.4. The normalized spacial score (nSPS) is 11.0. The molecule has 9 heteroatoms. The first-order valence-electron chi connectivity index (χ1n) is 12.3. The van der Waals surface area contributed by atoms with Gasteiger partial charge in [0.15, 0.2) is 5.13 Å². The van der Waals surface area contributed by atoms with Crippen molar-refractivity contribution in [1.82, 2.24) is 10.4 Å². The van der Waals surface area contributed by atoms with E-state index >= 15 is 0 Å². The number of amides is 1. The molecule has 0 spiro atoms. The zero-order valence-corrected chi connectivity index (χ0v) is 23.7. The molecule has 1 amide bonds. The Bertz CT molecular complexity index is 1650. The zero-order valence-electron chi connectivity index (χ0n) is 21.4. The van der Waals surface area contributed by atoms with Crippen molar-refractivity contribution in [2.24, 2.45) is 5.10 Å². The maximum absolute atomic E-state index is 12.7. The first kappa shape index (κ1) is 27.4. The van der Waals surface area contributed by atoms with Gasteiger partial charge in [0.2, 0.25) is 0 Å². The molecule has 0 saturated heterocycles. The van der Waals surface area contributed by atoms with Crippen LogP contribution in [0, 0.1) is 6.92 Å². The number of hydrogen-bond acceptors (Lipinski definition) is 6. The SMILES string of the molecule is Cc1ccc(Nc2nc(-c3ccc(C(=O)N/N=C\c4cc(Cl)ccc4OCc4ccccc4Cl)cc3)cs2)cc1. The number of hydrazone groups is 1. The number of anilines is 2. The van der Waals surface area contributed by atoms with Crippen LogP contribution in [0.1, 0.15) is 27.0 Å². The maximum Gasteiger partial charge on any atom is 0.271 e. The summed E-state index contributed by atoms with van der Waals surface area (Å²) in [5.41, 5.74) is 8.43. The third-order valence-electron chi connectivity index (χ3n) is 5.93. The molecule has 0 aliphatic carbocycles. The largest absolute Gasteiger partial charge is 0.488 e. The molecule has 0 atom stereocenters. The van der Waals surface area contributed by atoms with Crippen molar-refractivity contribution >= 4 is 57.5 Å². The summed E-state index contributed by atoms with van der Waals surface area (Å²) >= 11 is 13.9. The van der Waals surface area contributed by atoms with Crippen LogP contribution in [0.25, 0.3) is 11.3 Å². The summed E-state index contributed by atoms with van der Waals surface area (Å²) in [5.74, 6) is 0.217. The topological polar surface area (TPSA) is 75.6 Å². The van der Waals surface area contributed by atoms with E-state index in [4.69, 9.17) is 27.9 Å². The van der Waals surface area contributed by atoms with Crippen LogP contribution >= 0.6 is 34.5 Å². The molecular weight excluding hydrogens is 563 g/mol. The molecule has 1 aromatic heterocycles. The van der Waals surface area contributed by atoms with E-state index in [0.29, 0.717) is 26.9 Å². The number of nitrogens with one attached hydrogen (secondary N) is 2. The van der Waals surface area contributed by atoms with Gasteiger partial charge in [-0.25, -0.2) is 10.4 Å². The molecular formula is C31H24Cl2N4O2S. The van der Waals surface area contributed by atoms with Crippen LogP contribution in [0.3, 0.4) is 0 Å². The van der Waals surface area contributed by atoms with E-state index < -0.39 is 0 Å². The predicted molar refractivity (Wildman–Crippen MR) is 164 cm³/mol. The number of nitrogens with zero attached hydrogens (tertiary/aromatic N) is 2. The van der Waals surface area contributed by atoms with E-state index in [9.17, 15) is 4.79 Å². The van der Waals surface area contributed by atoms with Gasteiger partial charge in [0, 0.05) is 43.4 Å². The van der Waals surface area contributed by atoms with Gasteiger partial charge in [-0.1, -0.05) is 71.2 Å². The van der Waals surface area contributed by atoms with Gasteiger partial charge in [-0.2, -0.15) is 5.10 Å². The molecule has 6 nitrogen and oxygen atoms in total. The number of carbonyl (C=O) groups excluding carboxylic acids is 1. The fraction of sp³-hybridized carbons (Fsp3) is 0.0645. The maximum atomic E-state index is 12.7. The molecule has 200 valence electrons. The molecule has 0 fully saturated rings. The van der Waals surface area contributed by atoms with Crippen molar-refractivity contribution in [2.75, 3.05) is 5.32 Å². The Kier molecular flexibility index (Phi) is 8.76. The van der Waals surface area contributed by atoms with Crippen LogP contribution < -0.4 is 15.5 Å². The number of halogens is 2. The number of aromatic nitrogens is 1. The van der Waals surface area contributed by atoms with E-state index in [2.05, 4.69) is 39.9 Å². The van der Waals surface area contributed by atoms with Gasteiger partial charge in [0.05, 0.1) is 11.9 Å². The number of benzene rings is 4. The molecule has 0 radical (unpaired) electrons. The Labute approximate surface area is 246 Å². The Morgan fingerprint density at radius 3 is 2.55 bits per heavy atom. The van der Waals surface area contributed by atoms with Gasteiger partial charge < -0.3 is 10.1 Å². The summed E-state index contributed by atoms with van der Waals surface area (Å²) in [6.45, 7) is 2.33. The summed E-state index contributed by atoms with van der Waals surface area (Å²) in [4.78, 5) is 17.4. The lowest BCUT2D eigenvalue weighted by atomic mass is 10.1. The third-order valence-corrected chi connectivity index (χ3v) is 7.29. The number of hydrogen-bond donors (Lipinski definition) is 2. The molecule has 0 saturated carbocycles. The lowest BCUT2D eigenvalue weighted by molar-refractivity contribution is 0.0955. The summed E-state index contributed by atoms with van der Waals surface area (Å²) in [7, 11) is 0. The van der Waals surface area contributed by atoms with Crippen molar-refractivity contribution in [1.29, 1.82) is 0 Å². The van der Waals surface area contributed by atoms with E-state index in [1.54, 1.807) is 30.3 Å². The molecule has 0 unspecified atom stereocenters. The zero-order chi connectivity index (χ0) is 27.9. The van der Waals surface area contributed by atoms with Gasteiger partial charge >= 0.3 is 0 Å². The molecule has 2 N–H and O–H groups in total. The summed E-state index contributed by atoms with van der Waals surface area (Å²) < 4.78 is 5.94. The number of ether oxygens (including phenoxy) is 1. The number of aryl methyl sites for hydroxylation is 1. The minimum Gasteiger partial charge on any atom is -0.488 e. The summed E-state index contributed by atoms with van der Waals surface area (Å²) in [6.07, 6.45) is 1.50. The minimum atomic E-state index is -0.344. The van der Waals surface area contributed by atoms with Crippen LogP contribution in [0.5, 0.6) is 5.75 Å². The number of rotatable bonds is 9. The van der Waals surface area contributed by atoms with Crippen molar-refractivity contribution in [3.63, 3.8) is 0 Å². The van der Waals surface area contributed by atoms with Crippen LogP contribution in [0.2, 0.25) is 10.0 Å². The smallest absolute Gasteiger partial charge is 0.271 e. The third kappa shape index (κ3) is 7.07. The highest BCUT2D eigenvalue weighted by Crippen LogP contribution is 2.28. The lowest BCUT2D eigenvalue weighted by Crippen LogP contribution is -2.17. The average Bonchev–Trinajstić information content (AvgIpc) is 3.43. The highest BCUT2D eigenvalue weighted by atomic mass is 35.5. The molecule has 5 rings (SSSR count). The second kappa shape index (κ2) is 12.8. The van der Waals surface area contributed by atoms with Gasteiger partial charge in [-0.3, -0.25) is 4.79 Å². The predicted octanol–water partition coefficient (Wildman–Crippen LogP) is 8.51. The molecule has 0 bridgehead atoms. The standard InChI is InChI=1S/C31H24Cl2N4O2S/c1-20-6-13-26(14-7-20)35-31-36-28(19-40-31)21-8-10-22(11-9-21)30(38)37-34-17-24-16-25(32)12-15-29(24)39-18-23-4-2-3-5-27(23)33/h2-17,19H,18H2,1H3,(H,35,36)(H,37,38)/b34-17-. The second-order valence-corrected chi connectivity index (χ2v) is 10.6. The van der Waals surface area contributed by atoms with Crippen molar-refractivity contribution in [3.05, 3.63) is 129 Å². The highest BCUT2D eigenvalue weighted by Gasteiger charge is 2.09. The quantitative estimate of drug-likeness (QED) is 0.134. The van der Waals surface area contributed by atoms with Crippen LogP contribution in [0.15, 0.2) is 101 Å². The van der Waals surface area contributed by atoms with Crippen molar-refractivity contribution < 1.29 is 9.53 Å². The van der Waals surface area contributed by atoms with Gasteiger partial charge in [0.1, 0.15) is 12.4 Å². The Hall–Kier alpha value is -4.17. The Morgan fingerprint density at radius 2 is 1.77 bits per heavy atom. The van der Waals surface area contributed by atoms with Crippen LogP contribution in [-0.2, 0) is 6.61 Å². The summed E-state index contributed by atoms with van der Waals surface area (Å²) in [6, 6.07) is 28.0. The Morgan fingerprint density at radius 1 is 1.00 bits per heavy atom. The van der Waals surface area contributed by atoms with Gasteiger partial charge in [-0.05, 0) is 55.5 Å². The molecule has 0 aliphatic rings. The van der Waals surface area contributed by atoms with Crippen LogP contribution in [0.4, 0.5) is 10.8 Å². The molecule has 0 aliphatic heterocycles.